The molecule has 1 amide bonds. The molecule has 0 bridgehead atoms. The van der Waals surface area contributed by atoms with Crippen molar-refractivity contribution < 1.29 is 15.0 Å². The van der Waals surface area contributed by atoms with E-state index in [-0.39, 0.29) is 19.1 Å². The molecule has 106 valence electrons. The van der Waals surface area contributed by atoms with E-state index in [9.17, 15) is 4.79 Å². The number of carbonyl (C=O) groups is 1. The smallest absolute Gasteiger partial charge is 0.222 e. The molecule has 0 radical (unpaired) electrons. The van der Waals surface area contributed by atoms with Crippen LogP contribution in [0.4, 0.5) is 0 Å². The number of nitrogens with zero attached hydrogens (tertiary/aromatic N) is 1. The zero-order chi connectivity index (χ0) is 13.2. The van der Waals surface area contributed by atoms with Crippen LogP contribution in [0.2, 0.25) is 0 Å². The van der Waals surface area contributed by atoms with Gasteiger partial charge in [0, 0.05) is 19.5 Å². The first-order valence-corrected chi connectivity index (χ1v) is 7.27. The molecule has 0 aliphatic heterocycles. The highest BCUT2D eigenvalue weighted by Crippen LogP contribution is 2.27. The normalized spacial score (nSPS) is 16.8. The van der Waals surface area contributed by atoms with Crippen molar-refractivity contribution in [1.82, 2.24) is 4.90 Å². The summed E-state index contributed by atoms with van der Waals surface area (Å²) in [5.41, 5.74) is 0. The summed E-state index contributed by atoms with van der Waals surface area (Å²) in [4.78, 5) is 13.4. The Balaban J connectivity index is 2.17. The standard InChI is InChI=1S/C14H27NO3/c16-11-9-15(10-12-17)14(18)8-4-7-13-5-2-1-3-6-13/h13,16-17H,1-12H2. The van der Waals surface area contributed by atoms with E-state index in [2.05, 4.69) is 0 Å². The molecule has 0 aromatic rings. The van der Waals surface area contributed by atoms with E-state index in [1.165, 1.54) is 32.1 Å². The van der Waals surface area contributed by atoms with E-state index in [0.717, 1.165) is 18.8 Å². The molecule has 1 saturated carbocycles. The van der Waals surface area contributed by atoms with Gasteiger partial charge in [0.15, 0.2) is 0 Å². The lowest BCUT2D eigenvalue weighted by atomic mass is 9.86. The molecule has 0 heterocycles. The largest absolute Gasteiger partial charge is 0.395 e. The van der Waals surface area contributed by atoms with Gasteiger partial charge in [-0.25, -0.2) is 0 Å². The Kier molecular flexibility index (Phi) is 8.01. The van der Waals surface area contributed by atoms with Gasteiger partial charge in [-0.1, -0.05) is 32.1 Å². The Morgan fingerprint density at radius 3 is 2.22 bits per heavy atom. The number of amides is 1. The molecule has 18 heavy (non-hydrogen) atoms. The minimum atomic E-state index is -0.0334. The van der Waals surface area contributed by atoms with Crippen molar-refractivity contribution in [2.75, 3.05) is 26.3 Å². The first-order chi connectivity index (χ1) is 8.77. The topological polar surface area (TPSA) is 60.8 Å². The maximum Gasteiger partial charge on any atom is 0.222 e. The van der Waals surface area contributed by atoms with Crippen LogP contribution in [0.15, 0.2) is 0 Å². The maximum absolute atomic E-state index is 11.9. The molecule has 1 fully saturated rings. The lowest BCUT2D eigenvalue weighted by Gasteiger charge is -2.23. The Labute approximate surface area is 110 Å². The van der Waals surface area contributed by atoms with Crippen LogP contribution >= 0.6 is 0 Å². The summed E-state index contributed by atoms with van der Waals surface area (Å²) in [5, 5.41) is 17.7. The number of hydrogen-bond acceptors (Lipinski definition) is 3. The second-order valence-electron chi connectivity index (χ2n) is 5.22. The SMILES string of the molecule is O=C(CCCC1CCCCC1)N(CCO)CCO. The van der Waals surface area contributed by atoms with Crippen molar-refractivity contribution in [3.05, 3.63) is 0 Å². The second-order valence-corrected chi connectivity index (χ2v) is 5.22. The summed E-state index contributed by atoms with van der Waals surface area (Å²) in [6, 6.07) is 0. The highest BCUT2D eigenvalue weighted by Gasteiger charge is 2.15. The predicted molar refractivity (Wildman–Crippen MR) is 71.2 cm³/mol. The second kappa shape index (κ2) is 9.34. The van der Waals surface area contributed by atoms with Gasteiger partial charge in [0.25, 0.3) is 0 Å². The molecular weight excluding hydrogens is 230 g/mol. The van der Waals surface area contributed by atoms with Gasteiger partial charge < -0.3 is 15.1 Å². The Bertz CT molecular complexity index is 221. The molecule has 4 heteroatoms. The average Bonchev–Trinajstić information content (AvgIpc) is 2.39. The van der Waals surface area contributed by atoms with Crippen molar-refractivity contribution in [3.8, 4) is 0 Å². The van der Waals surface area contributed by atoms with Gasteiger partial charge in [0.2, 0.25) is 5.91 Å². The predicted octanol–water partition coefficient (Wildman–Crippen LogP) is 1.55. The molecule has 1 rings (SSSR count). The zero-order valence-electron chi connectivity index (χ0n) is 11.3. The lowest BCUT2D eigenvalue weighted by molar-refractivity contribution is -0.132. The van der Waals surface area contributed by atoms with Crippen LogP contribution in [0.3, 0.4) is 0 Å². The van der Waals surface area contributed by atoms with Crippen LogP contribution in [0, 0.1) is 5.92 Å². The lowest BCUT2D eigenvalue weighted by Crippen LogP contribution is -2.35. The van der Waals surface area contributed by atoms with Crippen molar-refractivity contribution in [3.63, 3.8) is 0 Å². The molecule has 0 spiro atoms. The molecule has 0 aromatic heterocycles. The fraction of sp³-hybridized carbons (Fsp3) is 0.929. The summed E-state index contributed by atoms with van der Waals surface area (Å²) >= 11 is 0. The minimum absolute atomic E-state index is 0.0334. The molecule has 0 aromatic carbocycles. The number of carbonyl (C=O) groups excluding carboxylic acids is 1. The fourth-order valence-electron chi connectivity index (χ4n) is 2.78. The van der Waals surface area contributed by atoms with Crippen LogP contribution < -0.4 is 0 Å². The van der Waals surface area contributed by atoms with E-state index in [0.29, 0.717) is 19.5 Å². The third-order valence-corrected chi connectivity index (χ3v) is 3.82. The summed E-state index contributed by atoms with van der Waals surface area (Å²) < 4.78 is 0. The van der Waals surface area contributed by atoms with Gasteiger partial charge in [-0.05, 0) is 18.8 Å². The number of rotatable bonds is 8. The molecule has 0 unspecified atom stereocenters. The first-order valence-electron chi connectivity index (χ1n) is 7.27. The van der Waals surface area contributed by atoms with E-state index >= 15 is 0 Å². The number of aliphatic hydroxyl groups is 2. The summed E-state index contributed by atoms with van der Waals surface area (Å²) in [6.45, 7) is 0.606. The van der Waals surface area contributed by atoms with Crippen LogP contribution in [0.25, 0.3) is 0 Å². The van der Waals surface area contributed by atoms with E-state index in [1.807, 2.05) is 0 Å². The zero-order valence-corrected chi connectivity index (χ0v) is 11.3. The Morgan fingerprint density at radius 1 is 1.06 bits per heavy atom. The van der Waals surface area contributed by atoms with Crippen LogP contribution in [-0.2, 0) is 4.79 Å². The summed E-state index contributed by atoms with van der Waals surface area (Å²) in [7, 11) is 0. The third-order valence-electron chi connectivity index (χ3n) is 3.82. The van der Waals surface area contributed by atoms with Crippen molar-refractivity contribution in [2.24, 2.45) is 5.92 Å². The molecule has 0 atom stereocenters. The molecule has 2 N–H and O–H groups in total. The molecule has 0 saturated heterocycles. The van der Waals surface area contributed by atoms with Gasteiger partial charge >= 0.3 is 0 Å². The average molecular weight is 257 g/mol. The summed E-state index contributed by atoms with van der Waals surface area (Å²) in [5.74, 6) is 0.879. The van der Waals surface area contributed by atoms with Crippen LogP contribution in [0.5, 0.6) is 0 Å². The quantitative estimate of drug-likeness (QED) is 0.693. The van der Waals surface area contributed by atoms with E-state index in [4.69, 9.17) is 10.2 Å². The molecule has 1 aliphatic carbocycles. The van der Waals surface area contributed by atoms with Gasteiger partial charge in [-0.15, -0.1) is 0 Å². The highest BCUT2D eigenvalue weighted by molar-refractivity contribution is 5.76. The first kappa shape index (κ1) is 15.4. The van der Waals surface area contributed by atoms with Crippen molar-refractivity contribution >= 4 is 5.91 Å². The highest BCUT2D eigenvalue weighted by atomic mass is 16.3. The fourth-order valence-corrected chi connectivity index (χ4v) is 2.78. The molecule has 1 aliphatic rings. The van der Waals surface area contributed by atoms with Gasteiger partial charge in [0.05, 0.1) is 13.2 Å². The number of hydrogen-bond donors (Lipinski definition) is 2. The van der Waals surface area contributed by atoms with Gasteiger partial charge in [0.1, 0.15) is 0 Å². The number of aliphatic hydroxyl groups excluding tert-OH is 2. The Hall–Kier alpha value is -0.610. The van der Waals surface area contributed by atoms with Gasteiger partial charge in [-0.2, -0.15) is 0 Å². The van der Waals surface area contributed by atoms with Crippen molar-refractivity contribution in [1.29, 1.82) is 0 Å². The molecule has 4 nitrogen and oxygen atoms in total. The minimum Gasteiger partial charge on any atom is -0.395 e. The van der Waals surface area contributed by atoms with Crippen LogP contribution in [-0.4, -0.2) is 47.3 Å². The van der Waals surface area contributed by atoms with Crippen molar-refractivity contribution in [2.45, 2.75) is 51.4 Å². The molecular formula is C14H27NO3. The third kappa shape index (κ3) is 5.83. The monoisotopic (exact) mass is 257 g/mol. The Morgan fingerprint density at radius 2 is 1.67 bits per heavy atom. The van der Waals surface area contributed by atoms with E-state index in [1.54, 1.807) is 4.90 Å². The van der Waals surface area contributed by atoms with Gasteiger partial charge in [-0.3, -0.25) is 4.79 Å². The summed E-state index contributed by atoms with van der Waals surface area (Å²) in [6.07, 6.45) is 9.36. The maximum atomic E-state index is 11.9. The van der Waals surface area contributed by atoms with E-state index < -0.39 is 0 Å². The van der Waals surface area contributed by atoms with Crippen LogP contribution in [0.1, 0.15) is 51.4 Å².